The maximum atomic E-state index is 10.7. The number of thiazole rings is 1. The standard InChI is InChI=1S/C14H16N2O2S/c1-2-3-4-12-9-15-14(19-12)16-11-7-5-10(6-8-11)13(17)18/h5-9H,2-4H2,1H3,(H,15,16)(H,17,18). The van der Waals surface area contributed by atoms with Crippen molar-refractivity contribution in [1.82, 2.24) is 4.98 Å². The number of carboxylic acid groups (broad SMARTS) is 1. The zero-order chi connectivity index (χ0) is 13.7. The summed E-state index contributed by atoms with van der Waals surface area (Å²) in [7, 11) is 0. The largest absolute Gasteiger partial charge is 0.478 e. The highest BCUT2D eigenvalue weighted by Crippen LogP contribution is 2.23. The highest BCUT2D eigenvalue weighted by atomic mass is 32.1. The third-order valence-corrected chi connectivity index (χ3v) is 3.69. The van der Waals surface area contributed by atoms with Gasteiger partial charge in [0.15, 0.2) is 5.13 Å². The van der Waals surface area contributed by atoms with E-state index in [0.29, 0.717) is 0 Å². The summed E-state index contributed by atoms with van der Waals surface area (Å²) in [5, 5.41) is 12.8. The van der Waals surface area contributed by atoms with Crippen molar-refractivity contribution >= 4 is 28.1 Å². The van der Waals surface area contributed by atoms with Crippen molar-refractivity contribution in [3.63, 3.8) is 0 Å². The maximum Gasteiger partial charge on any atom is 0.335 e. The molecule has 0 amide bonds. The molecule has 0 unspecified atom stereocenters. The van der Waals surface area contributed by atoms with Gasteiger partial charge in [0.2, 0.25) is 0 Å². The molecule has 0 saturated heterocycles. The van der Waals surface area contributed by atoms with Gasteiger partial charge in [0.05, 0.1) is 5.56 Å². The van der Waals surface area contributed by atoms with Crippen LogP contribution in [0.3, 0.4) is 0 Å². The molecule has 2 N–H and O–H groups in total. The Bertz CT molecular complexity index is 549. The van der Waals surface area contributed by atoms with Crippen LogP contribution in [-0.4, -0.2) is 16.1 Å². The molecule has 0 spiro atoms. The van der Waals surface area contributed by atoms with Gasteiger partial charge in [-0.05, 0) is 37.1 Å². The van der Waals surface area contributed by atoms with Crippen molar-refractivity contribution in [3.8, 4) is 0 Å². The molecule has 5 heteroatoms. The van der Waals surface area contributed by atoms with Gasteiger partial charge in [-0.3, -0.25) is 0 Å². The number of anilines is 2. The summed E-state index contributed by atoms with van der Waals surface area (Å²) in [6.45, 7) is 2.17. The summed E-state index contributed by atoms with van der Waals surface area (Å²) in [6, 6.07) is 6.65. The van der Waals surface area contributed by atoms with Crippen LogP contribution in [0, 0.1) is 0 Å². The van der Waals surface area contributed by atoms with Crippen molar-refractivity contribution < 1.29 is 9.90 Å². The molecular formula is C14H16N2O2S. The second-order valence-corrected chi connectivity index (χ2v) is 5.36. The van der Waals surface area contributed by atoms with Gasteiger partial charge in [0.25, 0.3) is 0 Å². The van der Waals surface area contributed by atoms with Gasteiger partial charge in [-0.15, -0.1) is 11.3 Å². The average molecular weight is 276 g/mol. The number of unbranched alkanes of at least 4 members (excludes halogenated alkanes) is 1. The van der Waals surface area contributed by atoms with E-state index in [4.69, 9.17) is 5.11 Å². The molecule has 0 aliphatic carbocycles. The highest BCUT2D eigenvalue weighted by Gasteiger charge is 2.04. The summed E-state index contributed by atoms with van der Waals surface area (Å²) in [5.41, 5.74) is 1.13. The quantitative estimate of drug-likeness (QED) is 0.839. The van der Waals surface area contributed by atoms with E-state index in [-0.39, 0.29) is 5.56 Å². The fraction of sp³-hybridized carbons (Fsp3) is 0.286. The van der Waals surface area contributed by atoms with Crippen molar-refractivity contribution in [2.75, 3.05) is 5.32 Å². The lowest BCUT2D eigenvalue weighted by molar-refractivity contribution is 0.0697. The molecule has 4 nitrogen and oxygen atoms in total. The molecular weight excluding hydrogens is 260 g/mol. The van der Waals surface area contributed by atoms with Crippen LogP contribution in [0.1, 0.15) is 35.0 Å². The van der Waals surface area contributed by atoms with Crippen LogP contribution in [-0.2, 0) is 6.42 Å². The number of aromatic nitrogens is 1. The van der Waals surface area contributed by atoms with E-state index in [9.17, 15) is 4.79 Å². The summed E-state index contributed by atoms with van der Waals surface area (Å²) < 4.78 is 0. The van der Waals surface area contributed by atoms with E-state index in [0.717, 1.165) is 17.2 Å². The minimum absolute atomic E-state index is 0.285. The van der Waals surface area contributed by atoms with Gasteiger partial charge in [0.1, 0.15) is 0 Å². The number of carboxylic acids is 1. The number of carbonyl (C=O) groups is 1. The Hall–Kier alpha value is -1.88. The van der Waals surface area contributed by atoms with E-state index in [2.05, 4.69) is 17.2 Å². The Morgan fingerprint density at radius 3 is 2.74 bits per heavy atom. The predicted molar refractivity (Wildman–Crippen MR) is 77.4 cm³/mol. The van der Waals surface area contributed by atoms with E-state index < -0.39 is 5.97 Å². The van der Waals surface area contributed by atoms with Gasteiger partial charge in [-0.25, -0.2) is 9.78 Å². The lowest BCUT2D eigenvalue weighted by atomic mass is 10.2. The molecule has 0 bridgehead atoms. The number of rotatable bonds is 6. The average Bonchev–Trinajstić information content (AvgIpc) is 2.84. The molecule has 2 rings (SSSR count). The highest BCUT2D eigenvalue weighted by molar-refractivity contribution is 7.15. The molecule has 19 heavy (non-hydrogen) atoms. The number of hydrogen-bond acceptors (Lipinski definition) is 4. The van der Waals surface area contributed by atoms with E-state index in [1.165, 1.54) is 17.7 Å². The second kappa shape index (κ2) is 6.33. The number of benzene rings is 1. The molecule has 0 radical (unpaired) electrons. The summed E-state index contributed by atoms with van der Waals surface area (Å²) in [5.74, 6) is -0.914. The van der Waals surface area contributed by atoms with Crippen molar-refractivity contribution in [2.24, 2.45) is 0 Å². The monoisotopic (exact) mass is 276 g/mol. The molecule has 100 valence electrons. The Labute approximate surface area is 116 Å². The fourth-order valence-electron chi connectivity index (χ4n) is 1.65. The number of aromatic carboxylic acids is 1. The first-order valence-corrected chi connectivity index (χ1v) is 7.05. The smallest absolute Gasteiger partial charge is 0.335 e. The molecule has 0 aliphatic heterocycles. The van der Waals surface area contributed by atoms with Crippen molar-refractivity contribution in [3.05, 3.63) is 40.9 Å². The molecule has 0 aliphatic rings. The molecule has 1 aromatic carbocycles. The van der Waals surface area contributed by atoms with Gasteiger partial charge in [0, 0.05) is 16.8 Å². The fourth-order valence-corrected chi connectivity index (χ4v) is 2.53. The van der Waals surface area contributed by atoms with Crippen LogP contribution in [0.25, 0.3) is 0 Å². The van der Waals surface area contributed by atoms with Gasteiger partial charge < -0.3 is 10.4 Å². The van der Waals surface area contributed by atoms with E-state index in [1.54, 1.807) is 35.6 Å². The zero-order valence-electron chi connectivity index (χ0n) is 10.7. The first-order chi connectivity index (χ1) is 9.19. The third kappa shape index (κ3) is 3.79. The molecule has 0 saturated carbocycles. The molecule has 0 fully saturated rings. The Morgan fingerprint density at radius 1 is 1.37 bits per heavy atom. The molecule has 2 aromatic rings. The minimum Gasteiger partial charge on any atom is -0.478 e. The molecule has 1 aromatic heterocycles. The Morgan fingerprint density at radius 2 is 2.11 bits per heavy atom. The lowest BCUT2D eigenvalue weighted by Gasteiger charge is -2.02. The Balaban J connectivity index is 2.00. The van der Waals surface area contributed by atoms with Crippen LogP contribution in [0.4, 0.5) is 10.8 Å². The van der Waals surface area contributed by atoms with Gasteiger partial charge >= 0.3 is 5.97 Å². The van der Waals surface area contributed by atoms with Crippen molar-refractivity contribution in [1.29, 1.82) is 0 Å². The summed E-state index contributed by atoms with van der Waals surface area (Å²) in [4.78, 5) is 16.3. The number of hydrogen-bond donors (Lipinski definition) is 2. The molecule has 0 atom stereocenters. The summed E-state index contributed by atoms with van der Waals surface area (Å²) >= 11 is 1.64. The third-order valence-electron chi connectivity index (χ3n) is 2.71. The number of nitrogens with one attached hydrogen (secondary N) is 1. The first kappa shape index (κ1) is 13.5. The minimum atomic E-state index is -0.914. The van der Waals surface area contributed by atoms with Crippen LogP contribution < -0.4 is 5.32 Å². The number of aryl methyl sites for hydroxylation is 1. The van der Waals surface area contributed by atoms with Gasteiger partial charge in [-0.1, -0.05) is 13.3 Å². The first-order valence-electron chi connectivity index (χ1n) is 6.24. The van der Waals surface area contributed by atoms with Crippen LogP contribution in [0.5, 0.6) is 0 Å². The summed E-state index contributed by atoms with van der Waals surface area (Å²) in [6.07, 6.45) is 5.31. The predicted octanol–water partition coefficient (Wildman–Crippen LogP) is 3.93. The molecule has 1 heterocycles. The lowest BCUT2D eigenvalue weighted by Crippen LogP contribution is -1.96. The number of nitrogens with zero attached hydrogens (tertiary/aromatic N) is 1. The second-order valence-electron chi connectivity index (χ2n) is 4.24. The van der Waals surface area contributed by atoms with Crippen LogP contribution >= 0.6 is 11.3 Å². The zero-order valence-corrected chi connectivity index (χ0v) is 11.5. The van der Waals surface area contributed by atoms with Crippen molar-refractivity contribution in [2.45, 2.75) is 26.2 Å². The normalized spacial score (nSPS) is 10.4. The van der Waals surface area contributed by atoms with E-state index >= 15 is 0 Å². The van der Waals surface area contributed by atoms with Gasteiger partial charge in [-0.2, -0.15) is 0 Å². The van der Waals surface area contributed by atoms with E-state index in [1.807, 2.05) is 6.20 Å². The SMILES string of the molecule is CCCCc1cnc(Nc2ccc(C(=O)O)cc2)s1. The van der Waals surface area contributed by atoms with Crippen LogP contribution in [0.15, 0.2) is 30.5 Å². The topological polar surface area (TPSA) is 62.2 Å². The maximum absolute atomic E-state index is 10.7. The Kier molecular flexibility index (Phi) is 4.52. The van der Waals surface area contributed by atoms with Crippen LogP contribution in [0.2, 0.25) is 0 Å².